The minimum atomic E-state index is -0.437. The van der Waals surface area contributed by atoms with Gasteiger partial charge in [-0.1, -0.05) is 18.2 Å². The minimum absolute atomic E-state index is 0.0361. The lowest BCUT2D eigenvalue weighted by Crippen LogP contribution is -2.39. The van der Waals surface area contributed by atoms with E-state index in [0.717, 1.165) is 18.5 Å². The highest BCUT2D eigenvalue weighted by Gasteiger charge is 2.43. The minimum Gasteiger partial charge on any atom is -0.394 e. The summed E-state index contributed by atoms with van der Waals surface area (Å²) in [5.41, 5.74) is 0.613. The third-order valence-corrected chi connectivity index (χ3v) is 3.25. The zero-order chi connectivity index (χ0) is 13.3. The molecule has 1 heterocycles. The molecule has 0 radical (unpaired) electrons. The van der Waals surface area contributed by atoms with Crippen LogP contribution in [0.15, 0.2) is 36.5 Å². The van der Waals surface area contributed by atoms with E-state index in [4.69, 9.17) is 0 Å². The molecule has 0 bridgehead atoms. The zero-order valence-electron chi connectivity index (χ0n) is 10.3. The molecule has 2 aromatic rings. The molecule has 0 aliphatic heterocycles. The third kappa shape index (κ3) is 2.34. The maximum atomic E-state index is 12.0. The van der Waals surface area contributed by atoms with Crippen molar-refractivity contribution in [1.29, 1.82) is 0 Å². The molecular weight excluding hydrogens is 244 g/mol. The maximum absolute atomic E-state index is 12.0. The van der Waals surface area contributed by atoms with Gasteiger partial charge in [-0.2, -0.15) is 9.90 Å². The van der Waals surface area contributed by atoms with Crippen molar-refractivity contribution >= 4 is 5.91 Å². The molecule has 1 aromatic heterocycles. The van der Waals surface area contributed by atoms with Crippen molar-refractivity contribution in [2.45, 2.75) is 18.4 Å². The van der Waals surface area contributed by atoms with Crippen LogP contribution in [0.2, 0.25) is 0 Å². The highest BCUT2D eigenvalue weighted by Crippen LogP contribution is 2.34. The second-order valence-corrected chi connectivity index (χ2v) is 4.75. The molecule has 0 unspecified atom stereocenters. The number of aliphatic hydroxyl groups is 1. The Morgan fingerprint density at radius 3 is 2.74 bits per heavy atom. The van der Waals surface area contributed by atoms with E-state index in [0.29, 0.717) is 0 Å². The normalized spacial score (nSPS) is 16.1. The van der Waals surface area contributed by atoms with Gasteiger partial charge >= 0.3 is 0 Å². The number of carbonyl (C=O) groups is 1. The fourth-order valence-corrected chi connectivity index (χ4v) is 1.83. The van der Waals surface area contributed by atoms with Crippen LogP contribution in [0.5, 0.6) is 0 Å². The first-order valence-electron chi connectivity index (χ1n) is 6.14. The van der Waals surface area contributed by atoms with Gasteiger partial charge in [-0.25, -0.2) is 0 Å². The van der Waals surface area contributed by atoms with Crippen molar-refractivity contribution in [3.8, 4) is 5.69 Å². The molecule has 2 N–H and O–H groups in total. The summed E-state index contributed by atoms with van der Waals surface area (Å²) in [6.45, 7) is -0.0361. The van der Waals surface area contributed by atoms with Crippen molar-refractivity contribution in [2.75, 3.05) is 6.61 Å². The number of rotatable bonds is 4. The van der Waals surface area contributed by atoms with Crippen molar-refractivity contribution < 1.29 is 9.90 Å². The van der Waals surface area contributed by atoms with Crippen LogP contribution in [0.3, 0.4) is 0 Å². The number of aromatic nitrogens is 3. The van der Waals surface area contributed by atoms with Crippen molar-refractivity contribution in [1.82, 2.24) is 20.3 Å². The van der Waals surface area contributed by atoms with Crippen LogP contribution in [-0.2, 0) is 0 Å². The number of hydrogen-bond acceptors (Lipinski definition) is 4. The number of hydrogen-bond donors (Lipinski definition) is 2. The lowest BCUT2D eigenvalue weighted by Gasteiger charge is -2.12. The van der Waals surface area contributed by atoms with Crippen LogP contribution < -0.4 is 5.32 Å². The van der Waals surface area contributed by atoms with Gasteiger partial charge in [-0.05, 0) is 25.0 Å². The van der Waals surface area contributed by atoms with Gasteiger partial charge in [0.25, 0.3) is 5.91 Å². The Balaban J connectivity index is 1.76. The number of nitrogens with zero attached hydrogens (tertiary/aromatic N) is 3. The molecule has 6 nitrogen and oxygen atoms in total. The Bertz CT molecular complexity index is 590. The largest absolute Gasteiger partial charge is 0.394 e. The Labute approximate surface area is 110 Å². The van der Waals surface area contributed by atoms with E-state index in [-0.39, 0.29) is 18.2 Å². The van der Waals surface area contributed by atoms with Gasteiger partial charge in [0.15, 0.2) is 5.69 Å². The molecule has 1 fully saturated rings. The molecular formula is C13H14N4O2. The smallest absolute Gasteiger partial charge is 0.273 e. The number of para-hydroxylation sites is 1. The predicted molar refractivity (Wildman–Crippen MR) is 67.9 cm³/mol. The summed E-state index contributed by atoms with van der Waals surface area (Å²) in [5, 5.41) is 20.2. The molecule has 0 spiro atoms. The van der Waals surface area contributed by atoms with E-state index in [2.05, 4.69) is 15.5 Å². The van der Waals surface area contributed by atoms with E-state index in [1.807, 2.05) is 30.3 Å². The fourth-order valence-electron chi connectivity index (χ4n) is 1.83. The Hall–Kier alpha value is -2.21. The molecule has 0 atom stereocenters. The molecule has 0 saturated heterocycles. The zero-order valence-corrected chi connectivity index (χ0v) is 10.3. The predicted octanol–water partition coefficient (Wildman–Crippen LogP) is 0.522. The molecule has 98 valence electrons. The molecule has 1 amide bonds. The van der Waals surface area contributed by atoms with E-state index in [9.17, 15) is 9.90 Å². The highest BCUT2D eigenvalue weighted by molar-refractivity contribution is 5.92. The molecule has 1 saturated carbocycles. The number of amides is 1. The SMILES string of the molecule is O=C(NC1(CO)CC1)c1cnn(-c2ccccc2)n1. The van der Waals surface area contributed by atoms with Crippen LogP contribution in [0.4, 0.5) is 0 Å². The van der Waals surface area contributed by atoms with Gasteiger partial charge in [0.05, 0.1) is 24.0 Å². The summed E-state index contributed by atoms with van der Waals surface area (Å²) in [4.78, 5) is 13.4. The van der Waals surface area contributed by atoms with Crippen LogP contribution in [0, 0.1) is 0 Å². The average molecular weight is 258 g/mol. The van der Waals surface area contributed by atoms with Crippen LogP contribution in [-0.4, -0.2) is 38.2 Å². The summed E-state index contributed by atoms with van der Waals surface area (Å²) in [7, 11) is 0. The Kier molecular flexibility index (Phi) is 2.79. The van der Waals surface area contributed by atoms with Crippen molar-refractivity contribution in [3.63, 3.8) is 0 Å². The molecule has 6 heteroatoms. The van der Waals surface area contributed by atoms with Crippen LogP contribution in [0.25, 0.3) is 5.69 Å². The fraction of sp³-hybridized carbons (Fsp3) is 0.308. The van der Waals surface area contributed by atoms with Gasteiger partial charge in [-0.3, -0.25) is 4.79 Å². The van der Waals surface area contributed by atoms with Gasteiger partial charge < -0.3 is 10.4 Å². The standard InChI is InChI=1S/C13H14N4O2/c18-9-13(6-7-13)15-12(19)11-8-14-17(16-11)10-4-2-1-3-5-10/h1-5,8,18H,6-7,9H2,(H,15,19). The Morgan fingerprint density at radius 1 is 1.37 bits per heavy atom. The van der Waals surface area contributed by atoms with E-state index < -0.39 is 5.54 Å². The maximum Gasteiger partial charge on any atom is 0.273 e. The summed E-state index contributed by atoms with van der Waals surface area (Å²) < 4.78 is 0. The topological polar surface area (TPSA) is 80.0 Å². The van der Waals surface area contributed by atoms with E-state index >= 15 is 0 Å². The van der Waals surface area contributed by atoms with Crippen molar-refractivity contribution in [2.24, 2.45) is 0 Å². The summed E-state index contributed by atoms with van der Waals surface area (Å²) in [6, 6.07) is 9.38. The molecule has 19 heavy (non-hydrogen) atoms. The monoisotopic (exact) mass is 258 g/mol. The van der Waals surface area contributed by atoms with Gasteiger partial charge in [-0.15, -0.1) is 5.10 Å². The van der Waals surface area contributed by atoms with Gasteiger partial charge in [0, 0.05) is 0 Å². The molecule has 1 aromatic carbocycles. The number of benzene rings is 1. The van der Waals surface area contributed by atoms with Gasteiger partial charge in [0.1, 0.15) is 0 Å². The van der Waals surface area contributed by atoms with Crippen molar-refractivity contribution in [3.05, 3.63) is 42.2 Å². The first-order chi connectivity index (χ1) is 9.22. The van der Waals surface area contributed by atoms with E-state index in [1.165, 1.54) is 11.0 Å². The second-order valence-electron chi connectivity index (χ2n) is 4.75. The lowest BCUT2D eigenvalue weighted by molar-refractivity contribution is 0.0901. The number of nitrogens with one attached hydrogen (secondary N) is 1. The lowest BCUT2D eigenvalue weighted by atomic mass is 10.3. The summed E-state index contributed by atoms with van der Waals surface area (Å²) >= 11 is 0. The molecule has 1 aliphatic carbocycles. The first-order valence-corrected chi connectivity index (χ1v) is 6.14. The number of aliphatic hydroxyl groups excluding tert-OH is 1. The third-order valence-electron chi connectivity index (χ3n) is 3.25. The van der Waals surface area contributed by atoms with Gasteiger partial charge in [0.2, 0.25) is 0 Å². The second kappa shape index (κ2) is 4.47. The first kappa shape index (κ1) is 11.9. The molecule has 3 rings (SSSR count). The average Bonchev–Trinajstić information content (AvgIpc) is 3.04. The Morgan fingerprint density at radius 2 is 2.11 bits per heavy atom. The molecule has 1 aliphatic rings. The highest BCUT2D eigenvalue weighted by atomic mass is 16.3. The number of carbonyl (C=O) groups excluding carboxylic acids is 1. The summed E-state index contributed by atoms with van der Waals surface area (Å²) in [5.74, 6) is -0.297. The summed E-state index contributed by atoms with van der Waals surface area (Å²) in [6.07, 6.45) is 3.04. The van der Waals surface area contributed by atoms with E-state index in [1.54, 1.807) is 0 Å². The van der Waals surface area contributed by atoms with Crippen LogP contribution in [0.1, 0.15) is 23.3 Å². The van der Waals surface area contributed by atoms with Crippen LogP contribution >= 0.6 is 0 Å². The quantitative estimate of drug-likeness (QED) is 0.838.